The third-order valence-corrected chi connectivity index (χ3v) is 5.87. The molecule has 1 atom stereocenters. The SMILES string of the molecule is COC(=O)[C@@H](Cc1ccccc1)N1CC[n+]2c1c1ccccc1c1ccccc12.[Br-]. The highest BCUT2D eigenvalue weighted by Crippen LogP contribution is 2.33. The van der Waals surface area contributed by atoms with Crippen LogP contribution in [0, 0.1) is 0 Å². The number of hydrogen-bond acceptors (Lipinski definition) is 3. The lowest BCUT2D eigenvalue weighted by Gasteiger charge is -2.22. The molecule has 0 radical (unpaired) electrons. The second-order valence-electron chi connectivity index (χ2n) is 7.46. The summed E-state index contributed by atoms with van der Waals surface area (Å²) in [4.78, 5) is 15.1. The highest BCUT2D eigenvalue weighted by molar-refractivity contribution is 6.08. The van der Waals surface area contributed by atoms with Gasteiger partial charge in [0.1, 0.15) is 18.6 Å². The Hall–Kier alpha value is -2.92. The Morgan fingerprint density at radius 3 is 2.30 bits per heavy atom. The second kappa shape index (κ2) is 8.44. The Morgan fingerprint density at radius 2 is 1.57 bits per heavy atom. The standard InChI is InChI=1S/C25H23N2O2.BrH/c1-29-25(28)23(17-18-9-3-2-4-10-18)27-16-15-26-22-14-8-7-12-20(22)19-11-5-6-13-21(19)24(26)27;/h2-14,23H,15-17H2,1H3;1H/q+1;/p-1/t23-;/m1./s1. The van der Waals surface area contributed by atoms with Crippen LogP contribution in [0.2, 0.25) is 0 Å². The largest absolute Gasteiger partial charge is 1.00 e. The number of para-hydroxylation sites is 1. The van der Waals surface area contributed by atoms with Crippen molar-refractivity contribution < 1.29 is 31.1 Å². The first kappa shape index (κ1) is 20.4. The molecular formula is C25H23BrN2O2. The summed E-state index contributed by atoms with van der Waals surface area (Å²) < 4.78 is 7.57. The molecule has 0 saturated carbocycles. The molecule has 0 aliphatic carbocycles. The number of carbonyl (C=O) groups is 1. The van der Waals surface area contributed by atoms with Gasteiger partial charge in [-0.3, -0.25) is 0 Å². The fourth-order valence-electron chi connectivity index (χ4n) is 4.56. The number of ether oxygens (including phenoxy) is 1. The molecule has 0 unspecified atom stereocenters. The van der Waals surface area contributed by atoms with Crippen LogP contribution in [-0.2, 0) is 22.5 Å². The molecular weight excluding hydrogens is 440 g/mol. The van der Waals surface area contributed by atoms with Crippen molar-refractivity contribution in [2.75, 3.05) is 18.6 Å². The van der Waals surface area contributed by atoms with Gasteiger partial charge in [-0.2, -0.15) is 0 Å². The second-order valence-corrected chi connectivity index (χ2v) is 7.46. The molecule has 5 rings (SSSR count). The van der Waals surface area contributed by atoms with Crippen LogP contribution >= 0.6 is 0 Å². The number of pyridine rings is 1. The number of aromatic nitrogens is 1. The Morgan fingerprint density at radius 1 is 0.933 bits per heavy atom. The van der Waals surface area contributed by atoms with Gasteiger partial charge in [0.25, 0.3) is 5.82 Å². The van der Waals surface area contributed by atoms with Gasteiger partial charge in [0.05, 0.1) is 12.5 Å². The topological polar surface area (TPSA) is 33.4 Å². The first-order valence-corrected chi connectivity index (χ1v) is 9.99. The van der Waals surface area contributed by atoms with Crippen LogP contribution in [-0.4, -0.2) is 25.7 Å². The van der Waals surface area contributed by atoms with Crippen molar-refractivity contribution in [1.82, 2.24) is 0 Å². The summed E-state index contributed by atoms with van der Waals surface area (Å²) in [6, 6.07) is 26.8. The fourth-order valence-corrected chi connectivity index (χ4v) is 4.56. The van der Waals surface area contributed by atoms with Crippen molar-refractivity contribution in [2.45, 2.75) is 19.0 Å². The van der Waals surface area contributed by atoms with Crippen LogP contribution in [0.5, 0.6) is 0 Å². The monoisotopic (exact) mass is 462 g/mol. The molecule has 152 valence electrons. The molecule has 4 aromatic rings. The van der Waals surface area contributed by atoms with E-state index in [0.29, 0.717) is 6.42 Å². The van der Waals surface area contributed by atoms with Crippen LogP contribution in [0.25, 0.3) is 21.7 Å². The number of rotatable bonds is 4. The van der Waals surface area contributed by atoms with Crippen LogP contribution < -0.4 is 26.4 Å². The Labute approximate surface area is 186 Å². The first-order chi connectivity index (χ1) is 14.3. The summed E-state index contributed by atoms with van der Waals surface area (Å²) in [6.07, 6.45) is 0.620. The molecule has 30 heavy (non-hydrogen) atoms. The maximum absolute atomic E-state index is 12.8. The number of anilines is 1. The van der Waals surface area contributed by atoms with Gasteiger partial charge in [-0.05, 0) is 17.7 Å². The van der Waals surface area contributed by atoms with E-state index in [1.807, 2.05) is 18.2 Å². The molecule has 2 heterocycles. The van der Waals surface area contributed by atoms with E-state index in [0.717, 1.165) is 24.5 Å². The summed E-state index contributed by atoms with van der Waals surface area (Å²) in [5, 5.41) is 3.63. The van der Waals surface area contributed by atoms with Crippen LogP contribution in [0.4, 0.5) is 5.82 Å². The van der Waals surface area contributed by atoms with Gasteiger partial charge in [0.2, 0.25) is 0 Å². The van der Waals surface area contributed by atoms with E-state index in [-0.39, 0.29) is 29.0 Å². The highest BCUT2D eigenvalue weighted by Gasteiger charge is 2.41. The smallest absolute Gasteiger partial charge is 0.351 e. The lowest BCUT2D eigenvalue weighted by atomic mass is 10.0. The number of nitrogens with zero attached hydrogens (tertiary/aromatic N) is 2. The molecule has 0 saturated heterocycles. The number of hydrogen-bond donors (Lipinski definition) is 0. The van der Waals surface area contributed by atoms with E-state index in [9.17, 15) is 4.79 Å². The molecule has 4 nitrogen and oxygen atoms in total. The molecule has 1 aromatic heterocycles. The van der Waals surface area contributed by atoms with Crippen molar-refractivity contribution in [2.24, 2.45) is 0 Å². The molecule has 0 bridgehead atoms. The van der Waals surface area contributed by atoms with Crippen molar-refractivity contribution >= 4 is 33.5 Å². The zero-order chi connectivity index (χ0) is 19.8. The Bertz CT molecular complexity index is 1210. The summed E-state index contributed by atoms with van der Waals surface area (Å²) in [6.45, 7) is 1.63. The van der Waals surface area contributed by atoms with Gasteiger partial charge in [-0.25, -0.2) is 14.3 Å². The van der Waals surface area contributed by atoms with Gasteiger partial charge < -0.3 is 21.7 Å². The highest BCUT2D eigenvalue weighted by atomic mass is 79.9. The zero-order valence-electron chi connectivity index (χ0n) is 16.8. The molecule has 3 aromatic carbocycles. The van der Waals surface area contributed by atoms with Crippen molar-refractivity contribution in [3.63, 3.8) is 0 Å². The lowest BCUT2D eigenvalue weighted by molar-refractivity contribution is -0.643. The van der Waals surface area contributed by atoms with Gasteiger partial charge >= 0.3 is 5.97 Å². The van der Waals surface area contributed by atoms with E-state index in [2.05, 4.69) is 70.1 Å². The summed E-state index contributed by atoms with van der Waals surface area (Å²) in [5.74, 6) is 0.908. The molecule has 0 spiro atoms. The van der Waals surface area contributed by atoms with E-state index in [1.165, 1.54) is 28.8 Å². The number of halogens is 1. The van der Waals surface area contributed by atoms with Gasteiger partial charge in [-0.1, -0.05) is 66.7 Å². The summed E-state index contributed by atoms with van der Waals surface area (Å²) in [7, 11) is 1.48. The number of esters is 1. The lowest BCUT2D eigenvalue weighted by Crippen LogP contribution is -3.00. The predicted molar refractivity (Wildman–Crippen MR) is 115 cm³/mol. The average Bonchev–Trinajstić information content (AvgIpc) is 3.23. The normalized spacial score (nSPS) is 13.7. The van der Waals surface area contributed by atoms with Gasteiger partial charge in [-0.15, -0.1) is 0 Å². The minimum absolute atomic E-state index is 0. The Balaban J connectivity index is 0.00000218. The fraction of sp³-hybridized carbons (Fsp3) is 0.200. The number of methoxy groups -OCH3 is 1. The number of carbonyl (C=O) groups excluding carboxylic acids is 1. The summed E-state index contributed by atoms with van der Waals surface area (Å²) >= 11 is 0. The third kappa shape index (κ3) is 3.33. The minimum atomic E-state index is -0.360. The van der Waals surface area contributed by atoms with E-state index >= 15 is 0 Å². The maximum Gasteiger partial charge on any atom is 0.351 e. The predicted octanol–water partition coefficient (Wildman–Crippen LogP) is 0.889. The number of benzene rings is 3. The molecule has 1 aliphatic heterocycles. The minimum Gasteiger partial charge on any atom is -1.00 e. The molecule has 1 aliphatic rings. The summed E-state index contributed by atoms with van der Waals surface area (Å²) in [5.41, 5.74) is 2.33. The van der Waals surface area contributed by atoms with Crippen LogP contribution in [0.15, 0.2) is 78.9 Å². The van der Waals surface area contributed by atoms with Crippen molar-refractivity contribution in [3.8, 4) is 0 Å². The van der Waals surface area contributed by atoms with Crippen molar-refractivity contribution in [3.05, 3.63) is 84.4 Å². The van der Waals surface area contributed by atoms with E-state index < -0.39 is 0 Å². The molecule has 0 N–H and O–H groups in total. The van der Waals surface area contributed by atoms with E-state index in [4.69, 9.17) is 4.74 Å². The van der Waals surface area contributed by atoms with Crippen molar-refractivity contribution in [1.29, 1.82) is 0 Å². The Kier molecular flexibility index (Phi) is 5.73. The average molecular weight is 463 g/mol. The molecule has 5 heteroatoms. The van der Waals surface area contributed by atoms with Crippen LogP contribution in [0.1, 0.15) is 5.56 Å². The van der Waals surface area contributed by atoms with Gasteiger partial charge in [0, 0.05) is 17.2 Å². The molecule has 0 fully saturated rings. The van der Waals surface area contributed by atoms with Gasteiger partial charge in [0.15, 0.2) is 6.04 Å². The molecule has 0 amide bonds. The quantitative estimate of drug-likeness (QED) is 0.256. The van der Waals surface area contributed by atoms with E-state index in [1.54, 1.807) is 0 Å². The number of fused-ring (bicyclic) bond motifs is 6. The van der Waals surface area contributed by atoms with Crippen LogP contribution in [0.3, 0.4) is 0 Å². The maximum atomic E-state index is 12.8. The third-order valence-electron chi connectivity index (χ3n) is 5.87. The zero-order valence-corrected chi connectivity index (χ0v) is 18.4. The first-order valence-electron chi connectivity index (χ1n) is 9.99.